The third kappa shape index (κ3) is 2.20. The number of aliphatic imine (C=N–C) groups is 1. The van der Waals surface area contributed by atoms with Crippen molar-refractivity contribution >= 4 is 11.7 Å². The lowest BCUT2D eigenvalue weighted by Crippen LogP contribution is -2.50. The van der Waals surface area contributed by atoms with Gasteiger partial charge in [0.05, 0.1) is 0 Å². The third-order valence-corrected chi connectivity index (χ3v) is 3.67. The van der Waals surface area contributed by atoms with Crippen LogP contribution in [-0.2, 0) is 23.4 Å². The van der Waals surface area contributed by atoms with Gasteiger partial charge in [-0.25, -0.2) is 4.99 Å². The van der Waals surface area contributed by atoms with Gasteiger partial charge in [0, 0.05) is 18.4 Å². The number of nitrogens with one attached hydrogen (secondary N) is 2. The van der Waals surface area contributed by atoms with Crippen LogP contribution in [0.3, 0.4) is 0 Å². The van der Waals surface area contributed by atoms with Crippen LogP contribution in [-0.4, -0.2) is 11.7 Å². The molecule has 6 nitrogen and oxygen atoms in total. The molecule has 6 heteroatoms. The predicted octanol–water partition coefficient (Wildman–Crippen LogP) is -0.374. The highest BCUT2D eigenvalue weighted by molar-refractivity contribution is 5.80. The van der Waals surface area contributed by atoms with Crippen molar-refractivity contribution < 1.29 is 4.79 Å². The van der Waals surface area contributed by atoms with Crippen LogP contribution in [0.2, 0.25) is 0 Å². The molecular formula is C13H17N5O. The molecule has 100 valence electrons. The van der Waals surface area contributed by atoms with Crippen molar-refractivity contribution in [3.05, 3.63) is 34.9 Å². The molecular weight excluding hydrogens is 242 g/mol. The number of carbonyl (C=O) groups excluding carboxylic acids is 1. The predicted molar refractivity (Wildman–Crippen MR) is 71.9 cm³/mol. The smallest absolute Gasteiger partial charge is 0.209 e. The molecule has 1 heterocycles. The Morgan fingerprint density at radius 3 is 2.58 bits per heavy atom. The second-order valence-corrected chi connectivity index (χ2v) is 5.04. The van der Waals surface area contributed by atoms with Gasteiger partial charge in [-0.1, -0.05) is 18.2 Å². The lowest BCUT2D eigenvalue weighted by atomic mass is 9.97. The molecule has 1 unspecified atom stereocenters. The van der Waals surface area contributed by atoms with Gasteiger partial charge in [0.2, 0.25) is 11.7 Å². The number of nitrogens with zero attached hydrogens (tertiary/aromatic N) is 1. The van der Waals surface area contributed by atoms with Crippen LogP contribution in [0.5, 0.6) is 0 Å². The summed E-state index contributed by atoms with van der Waals surface area (Å²) in [5.74, 6) is -0.439. The number of hydrogen-bond acceptors (Lipinski definition) is 6. The van der Waals surface area contributed by atoms with E-state index in [1.165, 1.54) is 11.1 Å². The van der Waals surface area contributed by atoms with Crippen LogP contribution in [0, 0.1) is 0 Å². The van der Waals surface area contributed by atoms with Crippen LogP contribution in [0.1, 0.15) is 29.5 Å². The topological polar surface area (TPSA) is 106 Å². The van der Waals surface area contributed by atoms with Gasteiger partial charge in [0.15, 0.2) is 0 Å². The summed E-state index contributed by atoms with van der Waals surface area (Å²) in [6.07, 6.45) is 2.81. The van der Waals surface area contributed by atoms with Gasteiger partial charge < -0.3 is 5.73 Å². The summed E-state index contributed by atoms with van der Waals surface area (Å²) >= 11 is 0. The number of benzene rings is 1. The van der Waals surface area contributed by atoms with E-state index in [0.717, 1.165) is 18.4 Å². The quantitative estimate of drug-likeness (QED) is 0.515. The average molecular weight is 259 g/mol. The minimum atomic E-state index is -1.03. The van der Waals surface area contributed by atoms with Crippen molar-refractivity contribution in [3.8, 4) is 0 Å². The lowest BCUT2D eigenvalue weighted by Gasteiger charge is -2.22. The maximum Gasteiger partial charge on any atom is 0.209 e. The summed E-state index contributed by atoms with van der Waals surface area (Å²) in [4.78, 5) is 15.7. The number of aryl methyl sites for hydroxylation is 2. The maximum atomic E-state index is 11.5. The first-order chi connectivity index (χ1) is 9.07. The molecule has 0 fully saturated rings. The number of rotatable bonds is 1. The fourth-order valence-corrected chi connectivity index (χ4v) is 2.55. The van der Waals surface area contributed by atoms with Crippen molar-refractivity contribution in [1.82, 2.24) is 10.9 Å². The van der Waals surface area contributed by atoms with E-state index in [0.29, 0.717) is 18.6 Å². The Morgan fingerprint density at radius 1 is 1.16 bits per heavy atom. The Labute approximate surface area is 111 Å². The summed E-state index contributed by atoms with van der Waals surface area (Å²) in [5.41, 5.74) is 20.6. The Hall–Kier alpha value is -1.92. The van der Waals surface area contributed by atoms with Crippen LogP contribution in [0.4, 0.5) is 0 Å². The molecule has 3 rings (SSSR count). The standard InChI is InChI=1S/C13H17N5O/c14-12-16-13(15,18-17-12)10-4-1-8-2-5-11(19)6-3-9(8)7-10/h1,4,7,18H,2-3,5-6,15H2,(H3,14,16,17). The first kappa shape index (κ1) is 12.1. The molecule has 1 aliphatic carbocycles. The highest BCUT2D eigenvalue weighted by atomic mass is 16.1. The first-order valence-corrected chi connectivity index (χ1v) is 6.38. The molecule has 0 amide bonds. The molecule has 1 aromatic carbocycles. The van der Waals surface area contributed by atoms with Gasteiger partial charge in [-0.05, 0) is 24.0 Å². The van der Waals surface area contributed by atoms with E-state index in [9.17, 15) is 4.79 Å². The number of hydrazine groups is 1. The minimum Gasteiger partial charge on any atom is -0.369 e. The zero-order valence-electron chi connectivity index (χ0n) is 10.6. The normalized spacial score (nSPS) is 26.4. The SMILES string of the molecule is NC1=NC(N)(c2ccc3c(c2)CCC(=O)CC3)NN1. The number of ketones is 1. The zero-order valence-corrected chi connectivity index (χ0v) is 10.6. The molecule has 19 heavy (non-hydrogen) atoms. The van der Waals surface area contributed by atoms with Gasteiger partial charge >= 0.3 is 0 Å². The van der Waals surface area contributed by atoms with Crippen LogP contribution in [0.15, 0.2) is 23.2 Å². The Kier molecular flexibility index (Phi) is 2.76. The Morgan fingerprint density at radius 2 is 1.89 bits per heavy atom. The zero-order chi connectivity index (χ0) is 13.5. The highest BCUT2D eigenvalue weighted by Crippen LogP contribution is 2.25. The summed E-state index contributed by atoms with van der Waals surface area (Å²) in [7, 11) is 0. The van der Waals surface area contributed by atoms with Gasteiger partial charge in [-0.2, -0.15) is 5.43 Å². The van der Waals surface area contributed by atoms with E-state index < -0.39 is 5.79 Å². The van der Waals surface area contributed by atoms with E-state index in [4.69, 9.17) is 11.5 Å². The molecule has 0 radical (unpaired) electrons. The maximum absolute atomic E-state index is 11.5. The second-order valence-electron chi connectivity index (χ2n) is 5.04. The number of hydrogen-bond donors (Lipinski definition) is 4. The van der Waals surface area contributed by atoms with Crippen molar-refractivity contribution in [3.63, 3.8) is 0 Å². The number of fused-ring (bicyclic) bond motifs is 1. The molecule has 6 N–H and O–H groups in total. The molecule has 0 aromatic heterocycles. The Balaban J connectivity index is 1.96. The molecule has 2 aliphatic rings. The van der Waals surface area contributed by atoms with E-state index in [-0.39, 0.29) is 5.96 Å². The van der Waals surface area contributed by atoms with E-state index in [1.54, 1.807) is 0 Å². The number of nitrogens with two attached hydrogens (primary N) is 2. The van der Waals surface area contributed by atoms with E-state index >= 15 is 0 Å². The lowest BCUT2D eigenvalue weighted by molar-refractivity contribution is -0.118. The summed E-state index contributed by atoms with van der Waals surface area (Å²) in [5, 5.41) is 0. The monoisotopic (exact) mass is 259 g/mol. The Bertz CT molecular complexity index is 568. The van der Waals surface area contributed by atoms with Gasteiger partial charge in [-0.3, -0.25) is 16.0 Å². The summed E-state index contributed by atoms with van der Waals surface area (Å²) in [6, 6.07) is 5.99. The first-order valence-electron chi connectivity index (χ1n) is 6.38. The fraction of sp³-hybridized carbons (Fsp3) is 0.385. The fourth-order valence-electron chi connectivity index (χ4n) is 2.55. The number of guanidine groups is 1. The number of Topliss-reactive ketones (excluding diaryl/α,β-unsaturated/α-hetero) is 1. The molecule has 0 bridgehead atoms. The molecule has 0 saturated heterocycles. The largest absolute Gasteiger partial charge is 0.369 e. The van der Waals surface area contributed by atoms with Crippen molar-refractivity contribution in [1.29, 1.82) is 0 Å². The molecule has 1 atom stereocenters. The van der Waals surface area contributed by atoms with Crippen molar-refractivity contribution in [2.24, 2.45) is 16.5 Å². The summed E-state index contributed by atoms with van der Waals surface area (Å²) in [6.45, 7) is 0. The molecule has 0 saturated carbocycles. The summed E-state index contributed by atoms with van der Waals surface area (Å²) < 4.78 is 0. The number of carbonyl (C=O) groups is 1. The molecule has 0 spiro atoms. The minimum absolute atomic E-state index is 0.271. The van der Waals surface area contributed by atoms with Crippen LogP contribution >= 0.6 is 0 Å². The second kappa shape index (κ2) is 4.32. The van der Waals surface area contributed by atoms with Gasteiger partial charge in [0.25, 0.3) is 0 Å². The van der Waals surface area contributed by atoms with Crippen molar-refractivity contribution in [2.45, 2.75) is 31.5 Å². The van der Waals surface area contributed by atoms with Gasteiger partial charge in [0.1, 0.15) is 5.78 Å². The van der Waals surface area contributed by atoms with Crippen molar-refractivity contribution in [2.75, 3.05) is 0 Å². The van der Waals surface area contributed by atoms with Crippen LogP contribution < -0.4 is 22.3 Å². The molecule has 1 aromatic rings. The molecule has 1 aliphatic heterocycles. The van der Waals surface area contributed by atoms with E-state index in [1.807, 2.05) is 18.2 Å². The van der Waals surface area contributed by atoms with E-state index in [2.05, 4.69) is 15.8 Å². The average Bonchev–Trinajstić information content (AvgIpc) is 2.64. The van der Waals surface area contributed by atoms with Gasteiger partial charge in [-0.15, -0.1) is 0 Å². The highest BCUT2D eigenvalue weighted by Gasteiger charge is 2.32. The van der Waals surface area contributed by atoms with Crippen LogP contribution in [0.25, 0.3) is 0 Å². The third-order valence-electron chi connectivity index (χ3n) is 3.67.